The first kappa shape index (κ1) is 15.4. The summed E-state index contributed by atoms with van der Waals surface area (Å²) in [7, 11) is 0. The van der Waals surface area contributed by atoms with E-state index in [-0.39, 0.29) is 16.2 Å². The van der Waals surface area contributed by atoms with Crippen LogP contribution in [0.25, 0.3) is 0 Å². The number of piperidine rings is 1. The molecule has 3 N–H and O–H groups in total. The van der Waals surface area contributed by atoms with Gasteiger partial charge in [-0.15, -0.1) is 0 Å². The molecule has 0 bridgehead atoms. The number of aromatic amines is 1. The molecule has 6 heteroatoms. The third kappa shape index (κ3) is 3.17. The van der Waals surface area contributed by atoms with Crippen molar-refractivity contribution in [2.75, 3.05) is 30.8 Å². The van der Waals surface area contributed by atoms with Crippen molar-refractivity contribution in [1.29, 1.82) is 0 Å². The maximum Gasteiger partial charge on any atom is 0.252 e. The molecule has 2 rings (SSSR count). The van der Waals surface area contributed by atoms with Crippen molar-refractivity contribution < 1.29 is 0 Å². The minimum atomic E-state index is -0.0702. The topological polar surface area (TPSA) is 75.0 Å². The number of hydrogen-bond donors (Lipinski definition) is 2. The number of thioether (sulfide) groups is 1. The van der Waals surface area contributed by atoms with Crippen LogP contribution in [0.3, 0.4) is 0 Å². The van der Waals surface area contributed by atoms with Crippen LogP contribution in [-0.2, 0) is 0 Å². The van der Waals surface area contributed by atoms with Crippen LogP contribution in [0.1, 0.15) is 38.4 Å². The van der Waals surface area contributed by atoms with Crippen molar-refractivity contribution in [2.45, 2.75) is 37.4 Å². The van der Waals surface area contributed by atoms with Gasteiger partial charge in [-0.1, -0.05) is 13.8 Å². The third-order valence-electron chi connectivity index (χ3n) is 4.10. The smallest absolute Gasteiger partial charge is 0.252 e. The molecule has 0 spiro atoms. The van der Waals surface area contributed by atoms with E-state index in [1.807, 2.05) is 25.6 Å². The van der Waals surface area contributed by atoms with Gasteiger partial charge in [0.1, 0.15) is 11.6 Å². The third-order valence-corrected chi connectivity index (χ3v) is 5.54. The summed E-state index contributed by atoms with van der Waals surface area (Å²) in [5.74, 6) is 1.78. The highest BCUT2D eigenvalue weighted by Crippen LogP contribution is 2.34. The molecule has 1 fully saturated rings. The Hall–Kier alpha value is -1.01. The average Bonchev–Trinajstić information content (AvgIpc) is 2.46. The zero-order chi connectivity index (χ0) is 14.8. The van der Waals surface area contributed by atoms with E-state index in [9.17, 15) is 4.79 Å². The van der Waals surface area contributed by atoms with E-state index in [1.165, 1.54) is 0 Å². The van der Waals surface area contributed by atoms with E-state index >= 15 is 0 Å². The number of nitrogens with two attached hydrogens (primary N) is 1. The maximum atomic E-state index is 11.8. The van der Waals surface area contributed by atoms with Crippen LogP contribution in [0.2, 0.25) is 0 Å². The highest BCUT2D eigenvalue weighted by Gasteiger charge is 2.33. The number of aromatic nitrogens is 2. The second-order valence-corrected chi connectivity index (χ2v) is 7.00. The van der Waals surface area contributed by atoms with Crippen LogP contribution in [0, 0.1) is 0 Å². The molecule has 1 saturated heterocycles. The van der Waals surface area contributed by atoms with Crippen molar-refractivity contribution >= 4 is 17.6 Å². The molecular formula is C14H24N4OS. The Bertz CT molecular complexity index is 500. The van der Waals surface area contributed by atoms with Gasteiger partial charge in [0, 0.05) is 36.4 Å². The quantitative estimate of drug-likeness (QED) is 0.882. The van der Waals surface area contributed by atoms with Gasteiger partial charge in [0.05, 0.1) is 0 Å². The molecule has 1 aromatic heterocycles. The Morgan fingerprint density at radius 1 is 1.50 bits per heavy atom. The van der Waals surface area contributed by atoms with E-state index in [0.717, 1.165) is 37.6 Å². The molecule has 1 aliphatic heterocycles. The van der Waals surface area contributed by atoms with Gasteiger partial charge in [-0.2, -0.15) is 11.8 Å². The molecular weight excluding hydrogens is 272 g/mol. The molecule has 2 heterocycles. The summed E-state index contributed by atoms with van der Waals surface area (Å²) in [5.41, 5.74) is 5.84. The highest BCUT2D eigenvalue weighted by molar-refractivity contribution is 8.00. The molecule has 0 unspecified atom stereocenters. The van der Waals surface area contributed by atoms with E-state index in [4.69, 9.17) is 5.73 Å². The molecule has 5 nitrogen and oxygen atoms in total. The summed E-state index contributed by atoms with van der Waals surface area (Å²) < 4.78 is 0.193. The average molecular weight is 296 g/mol. The lowest BCUT2D eigenvalue weighted by Crippen LogP contribution is -2.47. The molecule has 20 heavy (non-hydrogen) atoms. The Morgan fingerprint density at radius 2 is 2.15 bits per heavy atom. The number of H-pyrrole nitrogens is 1. The van der Waals surface area contributed by atoms with Crippen LogP contribution >= 0.6 is 11.8 Å². The molecule has 1 aliphatic rings. The van der Waals surface area contributed by atoms with Gasteiger partial charge in [0.2, 0.25) is 0 Å². The predicted molar refractivity (Wildman–Crippen MR) is 85.7 cm³/mol. The largest absolute Gasteiger partial charge is 0.356 e. The fourth-order valence-corrected chi connectivity index (χ4v) is 3.29. The summed E-state index contributed by atoms with van der Waals surface area (Å²) in [4.78, 5) is 21.3. The minimum absolute atomic E-state index is 0.0702. The van der Waals surface area contributed by atoms with E-state index < -0.39 is 0 Å². The number of anilines is 1. The van der Waals surface area contributed by atoms with Gasteiger partial charge in [-0.05, 0) is 19.1 Å². The molecule has 0 saturated carbocycles. The summed E-state index contributed by atoms with van der Waals surface area (Å²) in [6.45, 7) is 6.59. The zero-order valence-electron chi connectivity index (χ0n) is 12.5. The number of rotatable bonds is 4. The second-order valence-electron chi connectivity index (χ2n) is 5.72. The summed E-state index contributed by atoms with van der Waals surface area (Å²) in [6, 6.07) is 1.60. The van der Waals surface area contributed by atoms with Crippen LogP contribution in [-0.4, -0.2) is 40.6 Å². The Kier molecular flexibility index (Phi) is 4.75. The molecule has 0 atom stereocenters. The van der Waals surface area contributed by atoms with Crippen molar-refractivity contribution in [3.8, 4) is 0 Å². The van der Waals surface area contributed by atoms with Gasteiger partial charge in [-0.3, -0.25) is 4.79 Å². The molecule has 1 aromatic rings. The van der Waals surface area contributed by atoms with Crippen molar-refractivity contribution in [1.82, 2.24) is 9.97 Å². The highest BCUT2D eigenvalue weighted by atomic mass is 32.2. The Morgan fingerprint density at radius 3 is 2.65 bits per heavy atom. The summed E-state index contributed by atoms with van der Waals surface area (Å²) in [6.07, 6.45) is 4.21. The molecule has 0 radical (unpaired) electrons. The van der Waals surface area contributed by atoms with Crippen LogP contribution < -0.4 is 16.2 Å². The zero-order valence-corrected chi connectivity index (χ0v) is 13.3. The standard InChI is InChI=1S/C14H24N4OS/c1-10(2)13-16-11(8-12(19)17-13)18-6-4-14(9-15,20-3)5-7-18/h8,10H,4-7,9,15H2,1-3H3,(H,16,17,19). The van der Waals surface area contributed by atoms with Crippen LogP contribution in [0.4, 0.5) is 5.82 Å². The molecule has 0 aliphatic carbocycles. The predicted octanol–water partition coefficient (Wildman–Crippen LogP) is 1.55. The van der Waals surface area contributed by atoms with Gasteiger partial charge in [0.25, 0.3) is 5.56 Å². The monoisotopic (exact) mass is 296 g/mol. The SMILES string of the molecule is CSC1(CN)CCN(c2cc(=O)[nH]c(C(C)C)n2)CC1. The number of nitrogens with zero attached hydrogens (tertiary/aromatic N) is 2. The lowest BCUT2D eigenvalue weighted by Gasteiger charge is -2.40. The van der Waals surface area contributed by atoms with Crippen molar-refractivity contribution in [3.63, 3.8) is 0 Å². The van der Waals surface area contributed by atoms with Gasteiger partial charge in [-0.25, -0.2) is 4.98 Å². The van der Waals surface area contributed by atoms with Gasteiger partial charge >= 0.3 is 0 Å². The summed E-state index contributed by atoms with van der Waals surface area (Å²) >= 11 is 1.86. The lowest BCUT2D eigenvalue weighted by molar-refractivity contribution is 0.454. The maximum absolute atomic E-state index is 11.8. The minimum Gasteiger partial charge on any atom is -0.356 e. The number of hydrogen-bond acceptors (Lipinski definition) is 5. The lowest BCUT2D eigenvalue weighted by atomic mass is 9.96. The normalized spacial score (nSPS) is 18.6. The first-order valence-electron chi connectivity index (χ1n) is 7.11. The Balaban J connectivity index is 2.16. The van der Waals surface area contributed by atoms with Crippen molar-refractivity contribution in [2.24, 2.45) is 5.73 Å². The molecule has 0 amide bonds. The van der Waals surface area contributed by atoms with Gasteiger partial charge in [0.15, 0.2) is 0 Å². The Labute approximate surface area is 124 Å². The fourth-order valence-electron chi connectivity index (χ4n) is 2.53. The van der Waals surface area contributed by atoms with Crippen LogP contribution in [0.15, 0.2) is 10.9 Å². The molecule has 112 valence electrons. The number of nitrogens with one attached hydrogen (secondary N) is 1. The van der Waals surface area contributed by atoms with Crippen LogP contribution in [0.5, 0.6) is 0 Å². The van der Waals surface area contributed by atoms with E-state index in [2.05, 4.69) is 21.1 Å². The van der Waals surface area contributed by atoms with E-state index in [1.54, 1.807) is 6.07 Å². The molecule has 0 aromatic carbocycles. The van der Waals surface area contributed by atoms with E-state index in [0.29, 0.717) is 6.54 Å². The van der Waals surface area contributed by atoms with Gasteiger partial charge < -0.3 is 15.6 Å². The first-order chi connectivity index (χ1) is 9.49. The summed E-state index contributed by atoms with van der Waals surface area (Å²) in [5, 5.41) is 0. The fraction of sp³-hybridized carbons (Fsp3) is 0.714. The first-order valence-corrected chi connectivity index (χ1v) is 8.33. The van der Waals surface area contributed by atoms with Crippen molar-refractivity contribution in [3.05, 3.63) is 22.2 Å². The second kappa shape index (κ2) is 6.18.